The molecule has 0 saturated carbocycles. The first-order valence-electron chi connectivity index (χ1n) is 9.03. The van der Waals surface area contributed by atoms with Crippen molar-refractivity contribution in [2.75, 3.05) is 11.9 Å². The Bertz CT molecular complexity index is 1230. The number of esters is 1. The first-order chi connectivity index (χ1) is 14.5. The molecule has 6 nitrogen and oxygen atoms in total. The van der Waals surface area contributed by atoms with E-state index < -0.39 is 18.5 Å². The molecule has 0 aliphatic heterocycles. The van der Waals surface area contributed by atoms with Crippen molar-refractivity contribution in [3.8, 4) is 9.88 Å². The largest absolute Gasteiger partial charge is 0.451 e. The molecule has 0 radical (unpaired) electrons. The van der Waals surface area contributed by atoms with Gasteiger partial charge in [-0.15, -0.1) is 22.7 Å². The molecule has 4 rings (SSSR count). The average Bonchev–Trinajstić information content (AvgIpc) is 3.39. The Hall–Kier alpha value is -3.36. The second-order valence-corrected chi connectivity index (χ2v) is 8.53. The molecule has 30 heavy (non-hydrogen) atoms. The minimum atomic E-state index is -0.569. The fourth-order valence-electron chi connectivity index (χ4n) is 2.76. The van der Waals surface area contributed by atoms with Crippen molar-refractivity contribution in [1.29, 1.82) is 0 Å². The van der Waals surface area contributed by atoms with Crippen LogP contribution in [-0.4, -0.2) is 29.3 Å². The maximum absolute atomic E-state index is 12.3. The summed E-state index contributed by atoms with van der Waals surface area (Å²) in [5, 5.41) is 3.45. The molecule has 2 aromatic carbocycles. The summed E-state index contributed by atoms with van der Waals surface area (Å²) in [6.07, 6.45) is 0. The van der Waals surface area contributed by atoms with E-state index in [1.807, 2.05) is 30.3 Å². The van der Waals surface area contributed by atoms with Crippen molar-refractivity contribution in [3.63, 3.8) is 0 Å². The first-order valence-corrected chi connectivity index (χ1v) is 10.7. The number of carbonyl (C=O) groups is 3. The highest BCUT2D eigenvalue weighted by Crippen LogP contribution is 2.34. The van der Waals surface area contributed by atoms with Crippen molar-refractivity contribution in [2.24, 2.45) is 0 Å². The van der Waals surface area contributed by atoms with Gasteiger partial charge in [0.25, 0.3) is 5.91 Å². The van der Waals surface area contributed by atoms with Crippen molar-refractivity contribution < 1.29 is 19.1 Å². The lowest BCUT2D eigenvalue weighted by molar-refractivity contribution is -0.119. The van der Waals surface area contributed by atoms with Gasteiger partial charge in [0.2, 0.25) is 0 Å². The molecule has 0 atom stereocenters. The number of benzene rings is 2. The Labute approximate surface area is 180 Å². The van der Waals surface area contributed by atoms with Gasteiger partial charge in [0.15, 0.2) is 12.4 Å². The molecule has 8 heteroatoms. The topological polar surface area (TPSA) is 85.4 Å². The number of Topliss-reactive ketones (excluding diaryl/α,β-unsaturated/α-hetero) is 1. The van der Waals surface area contributed by atoms with E-state index in [1.165, 1.54) is 18.3 Å². The zero-order chi connectivity index (χ0) is 21.1. The Morgan fingerprint density at radius 2 is 1.83 bits per heavy atom. The van der Waals surface area contributed by atoms with E-state index in [0.29, 0.717) is 16.1 Å². The van der Waals surface area contributed by atoms with Crippen molar-refractivity contribution in [1.82, 2.24) is 4.98 Å². The van der Waals surface area contributed by atoms with Gasteiger partial charge in [0.05, 0.1) is 15.1 Å². The number of anilines is 1. The third kappa shape index (κ3) is 4.45. The summed E-state index contributed by atoms with van der Waals surface area (Å²) in [6.45, 7) is 1.03. The molecule has 150 valence electrons. The summed E-state index contributed by atoms with van der Waals surface area (Å²) < 4.78 is 6.20. The normalized spacial score (nSPS) is 10.7. The highest BCUT2D eigenvalue weighted by molar-refractivity contribution is 7.26. The van der Waals surface area contributed by atoms with Gasteiger partial charge in [-0.1, -0.05) is 24.3 Å². The van der Waals surface area contributed by atoms with Gasteiger partial charge in [-0.05, 0) is 43.3 Å². The van der Waals surface area contributed by atoms with Crippen molar-refractivity contribution >= 4 is 56.2 Å². The molecule has 4 aromatic rings. The zero-order valence-electron chi connectivity index (χ0n) is 15.9. The van der Waals surface area contributed by atoms with E-state index in [9.17, 15) is 14.4 Å². The Kier molecular flexibility index (Phi) is 5.69. The smallest absolute Gasteiger partial charge is 0.348 e. The Balaban J connectivity index is 1.37. The lowest BCUT2D eigenvalue weighted by Gasteiger charge is -2.07. The Morgan fingerprint density at radius 3 is 2.63 bits per heavy atom. The van der Waals surface area contributed by atoms with E-state index in [1.54, 1.807) is 41.7 Å². The molecule has 0 unspecified atom stereocenters. The standard InChI is InChI=1S/C22H16N2O4S2/c1-13(25)14-5-4-6-15(11-14)23-20(26)12-28-22(27)19-10-9-18(29-19)21-24-16-7-2-3-8-17(16)30-21/h2-11H,12H2,1H3,(H,23,26). The van der Waals surface area contributed by atoms with Crippen LogP contribution in [0.1, 0.15) is 27.0 Å². The van der Waals surface area contributed by atoms with Crippen LogP contribution < -0.4 is 5.32 Å². The second-order valence-electron chi connectivity index (χ2n) is 6.41. The van der Waals surface area contributed by atoms with Crippen LogP contribution in [0.4, 0.5) is 5.69 Å². The zero-order valence-corrected chi connectivity index (χ0v) is 17.5. The third-order valence-electron chi connectivity index (χ3n) is 4.20. The number of thiophene rings is 1. The van der Waals surface area contributed by atoms with E-state index in [2.05, 4.69) is 10.3 Å². The number of rotatable bonds is 6. The van der Waals surface area contributed by atoms with Crippen LogP contribution in [0.3, 0.4) is 0 Å². The number of hydrogen-bond acceptors (Lipinski definition) is 7. The minimum absolute atomic E-state index is 0.0980. The molecule has 1 amide bonds. The van der Waals surface area contributed by atoms with Crippen LogP contribution in [0.5, 0.6) is 0 Å². The molecule has 0 fully saturated rings. The molecule has 0 aliphatic carbocycles. The number of thiazole rings is 1. The number of ether oxygens (including phenoxy) is 1. The van der Waals surface area contributed by atoms with Crippen molar-refractivity contribution in [2.45, 2.75) is 6.92 Å². The minimum Gasteiger partial charge on any atom is -0.451 e. The number of hydrogen-bond donors (Lipinski definition) is 1. The lowest BCUT2D eigenvalue weighted by Crippen LogP contribution is -2.20. The molecular formula is C22H16N2O4S2. The number of fused-ring (bicyclic) bond motifs is 1. The number of para-hydroxylation sites is 1. The summed E-state index contributed by atoms with van der Waals surface area (Å²) in [4.78, 5) is 41.7. The van der Waals surface area contributed by atoms with E-state index in [-0.39, 0.29) is 5.78 Å². The fraction of sp³-hybridized carbons (Fsp3) is 0.0909. The van der Waals surface area contributed by atoms with E-state index >= 15 is 0 Å². The fourth-order valence-corrected chi connectivity index (χ4v) is 4.68. The van der Waals surface area contributed by atoms with Gasteiger partial charge in [0.1, 0.15) is 9.88 Å². The summed E-state index contributed by atoms with van der Waals surface area (Å²) >= 11 is 2.83. The van der Waals surface area contributed by atoms with Crippen LogP contribution in [0, 0.1) is 0 Å². The van der Waals surface area contributed by atoms with Gasteiger partial charge < -0.3 is 10.1 Å². The monoisotopic (exact) mass is 436 g/mol. The number of nitrogens with zero attached hydrogens (tertiary/aromatic N) is 1. The summed E-state index contributed by atoms with van der Waals surface area (Å²) in [6, 6.07) is 17.9. The maximum atomic E-state index is 12.3. The van der Waals surface area contributed by atoms with Crippen LogP contribution in [0.2, 0.25) is 0 Å². The molecule has 2 heterocycles. The first kappa shape index (κ1) is 19.9. The van der Waals surface area contributed by atoms with Crippen LogP contribution in [0.25, 0.3) is 20.1 Å². The molecule has 1 N–H and O–H groups in total. The highest BCUT2D eigenvalue weighted by atomic mass is 32.1. The third-order valence-corrected chi connectivity index (χ3v) is 6.47. The number of ketones is 1. The summed E-state index contributed by atoms with van der Waals surface area (Å²) in [5.74, 6) is -1.15. The number of aromatic nitrogens is 1. The van der Waals surface area contributed by atoms with Gasteiger partial charge in [0, 0.05) is 11.3 Å². The van der Waals surface area contributed by atoms with Crippen molar-refractivity contribution in [3.05, 3.63) is 71.1 Å². The molecular weight excluding hydrogens is 420 g/mol. The summed E-state index contributed by atoms with van der Waals surface area (Å²) in [5.41, 5.74) is 1.88. The number of amides is 1. The van der Waals surface area contributed by atoms with Gasteiger partial charge in [-0.3, -0.25) is 9.59 Å². The second kappa shape index (κ2) is 8.56. The SMILES string of the molecule is CC(=O)c1cccc(NC(=O)COC(=O)c2ccc(-c3nc4ccccc4s3)s2)c1. The highest BCUT2D eigenvalue weighted by Gasteiger charge is 2.16. The lowest BCUT2D eigenvalue weighted by atomic mass is 10.1. The molecule has 0 saturated heterocycles. The predicted octanol–water partition coefficient (Wildman–Crippen LogP) is 5.02. The van der Waals surface area contributed by atoms with Crippen LogP contribution in [0.15, 0.2) is 60.7 Å². The predicted molar refractivity (Wildman–Crippen MR) is 118 cm³/mol. The van der Waals surface area contributed by atoms with Gasteiger partial charge in [-0.2, -0.15) is 0 Å². The molecule has 2 aromatic heterocycles. The molecule has 0 aliphatic rings. The number of carbonyl (C=O) groups excluding carboxylic acids is 3. The van der Waals surface area contributed by atoms with Crippen LogP contribution in [-0.2, 0) is 9.53 Å². The molecule has 0 spiro atoms. The summed E-state index contributed by atoms with van der Waals surface area (Å²) in [7, 11) is 0. The average molecular weight is 437 g/mol. The number of nitrogens with one attached hydrogen (secondary N) is 1. The van der Waals surface area contributed by atoms with Crippen LogP contribution >= 0.6 is 22.7 Å². The van der Waals surface area contributed by atoms with Gasteiger partial charge >= 0.3 is 5.97 Å². The quantitative estimate of drug-likeness (QED) is 0.339. The van der Waals surface area contributed by atoms with E-state index in [4.69, 9.17) is 4.74 Å². The molecule has 0 bridgehead atoms. The van der Waals surface area contributed by atoms with E-state index in [0.717, 1.165) is 20.1 Å². The Morgan fingerprint density at radius 1 is 1.00 bits per heavy atom. The maximum Gasteiger partial charge on any atom is 0.348 e. The van der Waals surface area contributed by atoms with Gasteiger partial charge in [-0.25, -0.2) is 9.78 Å².